The van der Waals surface area contributed by atoms with Crippen molar-refractivity contribution >= 4 is 46.4 Å². The van der Waals surface area contributed by atoms with Crippen molar-refractivity contribution in [3.63, 3.8) is 0 Å². The molecule has 0 amide bonds. The first-order valence-electron chi connectivity index (χ1n) is 7.71. The van der Waals surface area contributed by atoms with Gasteiger partial charge in [0.05, 0.1) is 23.0 Å². The van der Waals surface area contributed by atoms with Gasteiger partial charge in [-0.1, -0.05) is 34.8 Å². The first-order valence-corrected chi connectivity index (χ1v) is 8.84. The van der Waals surface area contributed by atoms with Gasteiger partial charge in [-0.05, 0) is 42.5 Å². The molecule has 2 aromatic carbocycles. The van der Waals surface area contributed by atoms with Crippen molar-refractivity contribution in [2.45, 2.75) is 13.0 Å². The van der Waals surface area contributed by atoms with E-state index in [1.165, 1.54) is 6.07 Å². The molecule has 0 spiro atoms. The van der Waals surface area contributed by atoms with Gasteiger partial charge in [0.25, 0.3) is 0 Å². The molecule has 0 aliphatic carbocycles. The minimum absolute atomic E-state index is 0.0544. The Kier molecular flexibility index (Phi) is 5.77. The lowest BCUT2D eigenvalue weighted by Gasteiger charge is -2.08. The van der Waals surface area contributed by atoms with Crippen LogP contribution in [0.3, 0.4) is 0 Å². The summed E-state index contributed by atoms with van der Waals surface area (Å²) in [4.78, 5) is 29.1. The van der Waals surface area contributed by atoms with Crippen LogP contribution in [0.25, 0.3) is 0 Å². The number of nitrogens with zero attached hydrogens (tertiary/aromatic N) is 2. The maximum atomic E-state index is 12.5. The smallest absolute Gasteiger partial charge is 0.182 e. The number of rotatable bonds is 6. The van der Waals surface area contributed by atoms with Crippen molar-refractivity contribution in [3.8, 4) is 0 Å². The summed E-state index contributed by atoms with van der Waals surface area (Å²) in [6.45, 7) is 0.0889. The van der Waals surface area contributed by atoms with E-state index in [0.717, 1.165) is 0 Å². The molecule has 4 nitrogen and oxygen atoms in total. The predicted octanol–water partition coefficient (Wildman–Crippen LogP) is 5.15. The molecule has 3 aromatic rings. The molecule has 0 saturated carbocycles. The lowest BCUT2D eigenvalue weighted by atomic mass is 10.1. The molecule has 0 N–H and O–H groups in total. The van der Waals surface area contributed by atoms with Crippen LogP contribution < -0.4 is 0 Å². The highest BCUT2D eigenvalue weighted by molar-refractivity contribution is 6.42. The van der Waals surface area contributed by atoms with E-state index >= 15 is 0 Å². The summed E-state index contributed by atoms with van der Waals surface area (Å²) in [5.74, 6) is 0.251. The van der Waals surface area contributed by atoms with Crippen molar-refractivity contribution in [3.05, 3.63) is 86.9 Å². The number of ketones is 2. The quantitative estimate of drug-likeness (QED) is 0.531. The van der Waals surface area contributed by atoms with E-state index in [4.69, 9.17) is 34.8 Å². The molecule has 0 radical (unpaired) electrons. The molecular weight excluding hydrogens is 395 g/mol. The minimum atomic E-state index is -0.157. The van der Waals surface area contributed by atoms with Crippen LogP contribution in [0.15, 0.2) is 54.9 Å². The number of halogens is 3. The monoisotopic (exact) mass is 406 g/mol. The van der Waals surface area contributed by atoms with Crippen LogP contribution in [0.2, 0.25) is 15.1 Å². The van der Waals surface area contributed by atoms with Gasteiger partial charge < -0.3 is 4.57 Å². The number of carbonyl (C=O) groups excluding carboxylic acids is 2. The van der Waals surface area contributed by atoms with Crippen LogP contribution in [0.5, 0.6) is 0 Å². The number of hydrogen-bond acceptors (Lipinski definition) is 3. The molecule has 26 heavy (non-hydrogen) atoms. The molecule has 1 heterocycles. The summed E-state index contributed by atoms with van der Waals surface area (Å²) < 4.78 is 1.66. The molecule has 0 saturated heterocycles. The van der Waals surface area contributed by atoms with E-state index in [1.807, 2.05) is 0 Å². The van der Waals surface area contributed by atoms with E-state index in [0.29, 0.717) is 32.0 Å². The predicted molar refractivity (Wildman–Crippen MR) is 103 cm³/mol. The van der Waals surface area contributed by atoms with Gasteiger partial charge in [-0.2, -0.15) is 0 Å². The van der Waals surface area contributed by atoms with Gasteiger partial charge in [-0.3, -0.25) is 9.59 Å². The normalized spacial score (nSPS) is 10.7. The van der Waals surface area contributed by atoms with Crippen LogP contribution in [-0.4, -0.2) is 21.1 Å². The Labute approximate surface area is 165 Å². The fourth-order valence-electron chi connectivity index (χ4n) is 2.45. The van der Waals surface area contributed by atoms with Crippen LogP contribution >= 0.6 is 34.8 Å². The number of aromatic nitrogens is 2. The topological polar surface area (TPSA) is 52.0 Å². The Balaban J connectivity index is 1.73. The van der Waals surface area contributed by atoms with Gasteiger partial charge in [0.2, 0.25) is 0 Å². The summed E-state index contributed by atoms with van der Waals surface area (Å²) >= 11 is 17.7. The third-order valence-electron chi connectivity index (χ3n) is 3.84. The Bertz CT molecular complexity index is 965. The molecule has 0 bridgehead atoms. The molecule has 132 valence electrons. The maximum absolute atomic E-state index is 12.5. The first-order chi connectivity index (χ1) is 12.4. The zero-order valence-electron chi connectivity index (χ0n) is 13.5. The summed E-state index contributed by atoms with van der Waals surface area (Å²) in [7, 11) is 0. The number of Topliss-reactive ketones (excluding diaryl/α,β-unsaturated/α-hetero) is 2. The van der Waals surface area contributed by atoms with Gasteiger partial charge in [-0.25, -0.2) is 4.98 Å². The minimum Gasteiger partial charge on any atom is -0.327 e. The Hall–Kier alpha value is -2.14. The number of benzene rings is 2. The molecule has 3 rings (SSSR count). The number of imidazole rings is 1. The van der Waals surface area contributed by atoms with Crippen molar-refractivity contribution in [1.29, 1.82) is 0 Å². The molecule has 0 atom stereocenters. The third kappa shape index (κ3) is 4.33. The second-order valence-electron chi connectivity index (χ2n) is 5.63. The fourth-order valence-corrected chi connectivity index (χ4v) is 2.87. The molecule has 0 aliphatic heterocycles. The number of hydrogen-bond donors (Lipinski definition) is 0. The van der Waals surface area contributed by atoms with Crippen molar-refractivity contribution in [2.24, 2.45) is 0 Å². The largest absolute Gasteiger partial charge is 0.327 e. The average molecular weight is 408 g/mol. The highest BCUT2D eigenvalue weighted by atomic mass is 35.5. The summed E-state index contributed by atoms with van der Waals surface area (Å²) in [6, 6.07) is 11.4. The fraction of sp³-hybridized carbons (Fsp3) is 0.105. The molecule has 0 unspecified atom stereocenters. The summed E-state index contributed by atoms with van der Waals surface area (Å²) in [5.41, 5.74) is 0.989. The van der Waals surface area contributed by atoms with E-state index in [2.05, 4.69) is 4.98 Å². The van der Waals surface area contributed by atoms with Crippen molar-refractivity contribution < 1.29 is 9.59 Å². The van der Waals surface area contributed by atoms with Gasteiger partial charge in [-0.15, -0.1) is 0 Å². The zero-order valence-corrected chi connectivity index (χ0v) is 15.7. The maximum Gasteiger partial charge on any atom is 0.182 e. The van der Waals surface area contributed by atoms with Gasteiger partial charge in [0.1, 0.15) is 5.82 Å². The zero-order chi connectivity index (χ0) is 18.7. The lowest BCUT2D eigenvalue weighted by molar-refractivity contribution is 0.0958. The highest BCUT2D eigenvalue weighted by Gasteiger charge is 2.15. The summed E-state index contributed by atoms with van der Waals surface area (Å²) in [6.07, 6.45) is 3.29. The standard InChI is InChI=1S/C19H13Cl3N2O2/c20-14-4-1-12(2-5-14)18(26)11-24-8-7-23-19(24)10-17(25)13-3-6-15(21)16(22)9-13/h1-9H,10-11H2. The lowest BCUT2D eigenvalue weighted by Crippen LogP contribution is -2.15. The third-order valence-corrected chi connectivity index (χ3v) is 4.83. The van der Waals surface area contributed by atoms with E-state index in [9.17, 15) is 9.59 Å². The van der Waals surface area contributed by atoms with Gasteiger partial charge >= 0.3 is 0 Å². The summed E-state index contributed by atoms with van der Waals surface area (Å²) in [5, 5.41) is 1.27. The van der Waals surface area contributed by atoms with Crippen molar-refractivity contribution in [2.75, 3.05) is 0 Å². The molecular formula is C19H13Cl3N2O2. The Morgan fingerprint density at radius 1 is 0.885 bits per heavy atom. The Morgan fingerprint density at radius 2 is 1.58 bits per heavy atom. The van der Waals surface area contributed by atoms with Crippen LogP contribution in [0.4, 0.5) is 0 Å². The molecule has 7 heteroatoms. The molecule has 1 aromatic heterocycles. The molecule has 0 fully saturated rings. The van der Waals surface area contributed by atoms with Crippen LogP contribution in [-0.2, 0) is 13.0 Å². The van der Waals surface area contributed by atoms with E-state index in [-0.39, 0.29) is 24.5 Å². The second-order valence-corrected chi connectivity index (χ2v) is 6.88. The number of carbonyl (C=O) groups is 2. The van der Waals surface area contributed by atoms with Crippen LogP contribution in [0.1, 0.15) is 26.5 Å². The highest BCUT2D eigenvalue weighted by Crippen LogP contribution is 2.23. The van der Waals surface area contributed by atoms with Gasteiger partial charge in [0.15, 0.2) is 11.6 Å². The van der Waals surface area contributed by atoms with Gasteiger partial charge in [0, 0.05) is 28.5 Å². The first kappa shape index (κ1) is 18.6. The SMILES string of the molecule is O=C(Cc1nccn1CC(=O)c1ccc(Cl)cc1)c1ccc(Cl)c(Cl)c1. The van der Waals surface area contributed by atoms with Crippen LogP contribution in [0, 0.1) is 0 Å². The second kappa shape index (κ2) is 8.04. The van der Waals surface area contributed by atoms with E-state index < -0.39 is 0 Å². The molecule has 0 aliphatic rings. The van der Waals surface area contributed by atoms with Crippen molar-refractivity contribution in [1.82, 2.24) is 9.55 Å². The van der Waals surface area contributed by atoms with E-state index in [1.54, 1.807) is 53.4 Å². The average Bonchev–Trinajstić information content (AvgIpc) is 3.04. The Morgan fingerprint density at radius 3 is 2.27 bits per heavy atom.